The van der Waals surface area contributed by atoms with Crippen LogP contribution in [0.3, 0.4) is 0 Å². The zero-order valence-electron chi connectivity index (χ0n) is 23.8. The Labute approximate surface area is 246 Å². The number of rotatable bonds is 16. The van der Waals surface area contributed by atoms with E-state index >= 15 is 0 Å². The average molecular weight is 571 g/mol. The lowest BCUT2D eigenvalue weighted by Gasteiger charge is -2.23. The molecule has 0 aliphatic rings. The number of hydrogen-bond acceptors (Lipinski definition) is 7. The second-order valence-electron chi connectivity index (χ2n) is 10.0. The van der Waals surface area contributed by atoms with Crippen molar-refractivity contribution >= 4 is 34.5 Å². The minimum atomic E-state index is -0.859. The molecule has 0 amide bonds. The van der Waals surface area contributed by atoms with Gasteiger partial charge in [-0.15, -0.1) is 11.3 Å². The van der Waals surface area contributed by atoms with Crippen LogP contribution in [0.15, 0.2) is 84.2 Å². The summed E-state index contributed by atoms with van der Waals surface area (Å²) in [6, 6.07) is 25.6. The number of Topliss-reactive ketones (excluding diaryl/α,β-unsaturated/α-hetero) is 1. The van der Waals surface area contributed by atoms with Crippen LogP contribution in [0.4, 0.5) is 11.4 Å². The smallest absolute Gasteiger partial charge is 0.317 e. The van der Waals surface area contributed by atoms with Crippen LogP contribution in [-0.4, -0.2) is 52.9 Å². The van der Waals surface area contributed by atoms with Gasteiger partial charge in [0, 0.05) is 47.5 Å². The monoisotopic (exact) mass is 570 g/mol. The molecule has 0 atom stereocenters. The lowest BCUT2D eigenvalue weighted by molar-refractivity contribution is -0.138. The Hall–Kier alpha value is -4.01. The number of benzene rings is 3. The molecule has 4 aromatic rings. The van der Waals surface area contributed by atoms with Gasteiger partial charge in [-0.3, -0.25) is 14.5 Å². The Balaban J connectivity index is 1.32. The summed E-state index contributed by atoms with van der Waals surface area (Å²) in [4.78, 5) is 33.2. The van der Waals surface area contributed by atoms with E-state index in [0.29, 0.717) is 18.7 Å². The molecule has 0 saturated carbocycles. The van der Waals surface area contributed by atoms with Crippen LogP contribution in [0.5, 0.6) is 0 Å². The maximum atomic E-state index is 12.8. The molecule has 7 nitrogen and oxygen atoms in total. The summed E-state index contributed by atoms with van der Waals surface area (Å²) in [6.07, 6.45) is 2.18. The highest BCUT2D eigenvalue weighted by atomic mass is 32.1. The Kier molecular flexibility index (Phi) is 11.0. The quantitative estimate of drug-likeness (QED) is 0.143. The summed E-state index contributed by atoms with van der Waals surface area (Å²) in [5, 5.41) is 15.5. The van der Waals surface area contributed by atoms with E-state index in [-0.39, 0.29) is 18.9 Å². The number of carbonyl (C=O) groups is 2. The number of nitrogens with zero attached hydrogens (tertiary/aromatic N) is 3. The van der Waals surface area contributed by atoms with Crippen LogP contribution in [0.25, 0.3) is 11.3 Å². The van der Waals surface area contributed by atoms with Crippen LogP contribution < -0.4 is 10.2 Å². The third kappa shape index (κ3) is 8.99. The minimum absolute atomic E-state index is 0.0451. The van der Waals surface area contributed by atoms with Crippen molar-refractivity contribution in [2.75, 3.05) is 36.4 Å². The molecule has 8 heteroatoms. The number of carbonyl (C=O) groups excluding carboxylic acids is 1. The van der Waals surface area contributed by atoms with E-state index in [1.54, 1.807) is 0 Å². The molecular weight excluding hydrogens is 532 g/mol. The van der Waals surface area contributed by atoms with Crippen molar-refractivity contribution in [2.45, 2.75) is 39.8 Å². The van der Waals surface area contributed by atoms with E-state index in [0.717, 1.165) is 59.1 Å². The molecule has 0 radical (unpaired) electrons. The molecular formula is C33H38N4O3S. The molecule has 0 unspecified atom stereocenters. The SMILES string of the molecule is CCCN(CCC)c1ccc(C(=O)CNc2ccc(-c3csc(CN(CC(=O)O)Cc4ccccc4)n3)cc2)cc1. The van der Waals surface area contributed by atoms with Gasteiger partial charge in [0.25, 0.3) is 0 Å². The molecule has 1 aromatic heterocycles. The number of aromatic nitrogens is 1. The minimum Gasteiger partial charge on any atom is -0.480 e. The summed E-state index contributed by atoms with van der Waals surface area (Å²) >= 11 is 1.53. The van der Waals surface area contributed by atoms with Crippen LogP contribution in [0.1, 0.15) is 47.6 Å². The molecule has 0 aliphatic carbocycles. The van der Waals surface area contributed by atoms with E-state index in [1.165, 1.54) is 11.3 Å². The van der Waals surface area contributed by atoms with Gasteiger partial charge in [0.2, 0.25) is 0 Å². The first-order valence-corrected chi connectivity index (χ1v) is 15.0. The highest BCUT2D eigenvalue weighted by molar-refractivity contribution is 7.09. The van der Waals surface area contributed by atoms with Gasteiger partial charge in [0.05, 0.1) is 25.3 Å². The molecule has 3 aromatic carbocycles. The van der Waals surface area contributed by atoms with E-state index in [4.69, 9.17) is 4.98 Å². The predicted octanol–water partition coefficient (Wildman–Crippen LogP) is 6.82. The highest BCUT2D eigenvalue weighted by Gasteiger charge is 2.14. The molecule has 0 aliphatic heterocycles. The zero-order chi connectivity index (χ0) is 29.0. The predicted molar refractivity (Wildman–Crippen MR) is 168 cm³/mol. The van der Waals surface area contributed by atoms with Gasteiger partial charge in [0.15, 0.2) is 5.78 Å². The molecule has 0 fully saturated rings. The van der Waals surface area contributed by atoms with E-state index in [9.17, 15) is 14.7 Å². The van der Waals surface area contributed by atoms with Gasteiger partial charge in [-0.2, -0.15) is 0 Å². The van der Waals surface area contributed by atoms with Crippen LogP contribution in [0, 0.1) is 0 Å². The molecule has 0 spiro atoms. The second-order valence-corrected chi connectivity index (χ2v) is 11.0. The van der Waals surface area contributed by atoms with Crippen molar-refractivity contribution < 1.29 is 14.7 Å². The third-order valence-corrected chi connectivity index (χ3v) is 7.53. The molecule has 41 heavy (non-hydrogen) atoms. The van der Waals surface area contributed by atoms with Crippen molar-refractivity contribution in [3.05, 3.63) is 100 Å². The Bertz CT molecular complexity index is 1380. The fourth-order valence-electron chi connectivity index (χ4n) is 4.72. The standard InChI is InChI=1S/C33H38N4O3S/c1-3-18-37(19-4-2)29-16-12-27(13-17-29)31(38)20-34-28-14-10-26(11-15-28)30-24-41-32(35-30)22-36(23-33(39)40)21-25-8-6-5-7-9-25/h5-17,24,34H,3-4,18-23H2,1-2H3,(H,39,40). The lowest BCUT2D eigenvalue weighted by Crippen LogP contribution is -2.28. The fraction of sp³-hybridized carbons (Fsp3) is 0.303. The van der Waals surface area contributed by atoms with E-state index < -0.39 is 5.97 Å². The number of carboxylic acids is 1. The lowest BCUT2D eigenvalue weighted by atomic mass is 10.1. The van der Waals surface area contributed by atoms with Crippen molar-refractivity contribution in [3.63, 3.8) is 0 Å². The normalized spacial score (nSPS) is 11.0. The number of thiazole rings is 1. The van der Waals surface area contributed by atoms with Gasteiger partial charge in [-0.25, -0.2) is 4.98 Å². The second kappa shape index (κ2) is 15.1. The van der Waals surface area contributed by atoms with E-state index in [1.807, 2.05) is 89.1 Å². The first-order valence-electron chi connectivity index (χ1n) is 14.1. The van der Waals surface area contributed by atoms with Gasteiger partial charge < -0.3 is 15.3 Å². The summed E-state index contributed by atoms with van der Waals surface area (Å²) < 4.78 is 0. The number of ketones is 1. The fourth-order valence-corrected chi connectivity index (χ4v) is 5.56. The Morgan fingerprint density at radius 1 is 0.878 bits per heavy atom. The number of hydrogen-bond donors (Lipinski definition) is 2. The van der Waals surface area contributed by atoms with Crippen molar-refractivity contribution in [2.24, 2.45) is 0 Å². The molecule has 4 rings (SSSR count). The highest BCUT2D eigenvalue weighted by Crippen LogP contribution is 2.25. The van der Waals surface area contributed by atoms with Crippen molar-refractivity contribution in [3.8, 4) is 11.3 Å². The first kappa shape index (κ1) is 30.0. The van der Waals surface area contributed by atoms with Crippen LogP contribution in [-0.2, 0) is 17.9 Å². The average Bonchev–Trinajstić information content (AvgIpc) is 3.45. The topological polar surface area (TPSA) is 85.8 Å². The van der Waals surface area contributed by atoms with Gasteiger partial charge in [-0.1, -0.05) is 56.3 Å². The number of aliphatic carboxylic acids is 1. The van der Waals surface area contributed by atoms with Gasteiger partial charge in [-0.05, 0) is 54.8 Å². The first-order chi connectivity index (χ1) is 19.9. The maximum absolute atomic E-state index is 12.8. The molecule has 214 valence electrons. The third-order valence-electron chi connectivity index (χ3n) is 6.69. The number of carboxylic acid groups (broad SMARTS) is 1. The molecule has 1 heterocycles. The van der Waals surface area contributed by atoms with Crippen molar-refractivity contribution in [1.82, 2.24) is 9.88 Å². The summed E-state index contributed by atoms with van der Waals surface area (Å²) in [5.41, 5.74) is 5.60. The zero-order valence-corrected chi connectivity index (χ0v) is 24.6. The Morgan fingerprint density at radius 2 is 1.56 bits per heavy atom. The summed E-state index contributed by atoms with van der Waals surface area (Å²) in [6.45, 7) is 7.55. The van der Waals surface area contributed by atoms with Crippen LogP contribution in [0.2, 0.25) is 0 Å². The molecule has 0 bridgehead atoms. The maximum Gasteiger partial charge on any atom is 0.317 e. The van der Waals surface area contributed by atoms with Crippen LogP contribution >= 0.6 is 11.3 Å². The number of nitrogens with one attached hydrogen (secondary N) is 1. The van der Waals surface area contributed by atoms with Gasteiger partial charge >= 0.3 is 5.97 Å². The molecule has 0 saturated heterocycles. The molecule has 2 N–H and O–H groups in total. The Morgan fingerprint density at radius 3 is 2.20 bits per heavy atom. The largest absolute Gasteiger partial charge is 0.480 e. The number of anilines is 2. The van der Waals surface area contributed by atoms with Crippen molar-refractivity contribution in [1.29, 1.82) is 0 Å². The van der Waals surface area contributed by atoms with Gasteiger partial charge in [0.1, 0.15) is 5.01 Å². The summed E-state index contributed by atoms with van der Waals surface area (Å²) in [5.74, 6) is -0.814. The van der Waals surface area contributed by atoms with E-state index in [2.05, 4.69) is 24.1 Å². The summed E-state index contributed by atoms with van der Waals surface area (Å²) in [7, 11) is 0.